The molecule has 0 N–H and O–H groups in total. The van der Waals surface area contributed by atoms with Crippen molar-refractivity contribution in [2.75, 3.05) is 31.3 Å². The van der Waals surface area contributed by atoms with Crippen molar-refractivity contribution < 1.29 is 4.79 Å². The predicted molar refractivity (Wildman–Crippen MR) is 68.5 cm³/mol. The number of rotatable bonds is 3. The summed E-state index contributed by atoms with van der Waals surface area (Å²) in [5.74, 6) is 2.48. The zero-order chi connectivity index (χ0) is 11.5. The van der Waals surface area contributed by atoms with Crippen molar-refractivity contribution >= 4 is 17.7 Å². The topological polar surface area (TPSA) is 23.6 Å². The van der Waals surface area contributed by atoms with Crippen LogP contribution in [-0.4, -0.2) is 53.0 Å². The third-order valence-electron chi connectivity index (χ3n) is 3.43. The Bertz CT molecular complexity index is 251. The molecule has 2 saturated heterocycles. The molecule has 0 aromatic rings. The highest BCUT2D eigenvalue weighted by Crippen LogP contribution is 2.24. The van der Waals surface area contributed by atoms with Gasteiger partial charge in [-0.2, -0.15) is 0 Å². The molecule has 2 heterocycles. The summed E-state index contributed by atoms with van der Waals surface area (Å²) in [6.07, 6.45) is 2.66. The van der Waals surface area contributed by atoms with Gasteiger partial charge in [0.25, 0.3) is 0 Å². The van der Waals surface area contributed by atoms with Crippen LogP contribution in [0, 0.1) is 5.92 Å². The van der Waals surface area contributed by atoms with Crippen LogP contribution in [0.2, 0.25) is 0 Å². The van der Waals surface area contributed by atoms with Gasteiger partial charge >= 0.3 is 0 Å². The average molecular weight is 242 g/mol. The second kappa shape index (κ2) is 5.41. The number of likely N-dealkylation sites (tertiary alicyclic amines) is 1. The van der Waals surface area contributed by atoms with E-state index in [1.165, 1.54) is 25.9 Å². The maximum absolute atomic E-state index is 12.0. The van der Waals surface area contributed by atoms with Gasteiger partial charge in [0.15, 0.2) is 0 Å². The van der Waals surface area contributed by atoms with E-state index in [1.807, 2.05) is 25.6 Å². The highest BCUT2D eigenvalue weighted by atomic mass is 32.2. The predicted octanol–water partition coefficient (Wildman–Crippen LogP) is 1.64. The second-order valence-electron chi connectivity index (χ2n) is 5.12. The average Bonchev–Trinajstić information content (AvgIpc) is 2.88. The Hall–Kier alpha value is -0.220. The Kier molecular flexibility index (Phi) is 4.14. The van der Waals surface area contributed by atoms with Crippen LogP contribution in [0.4, 0.5) is 0 Å². The Morgan fingerprint density at radius 3 is 2.69 bits per heavy atom. The Balaban J connectivity index is 1.89. The summed E-state index contributed by atoms with van der Waals surface area (Å²) in [7, 11) is 0. The number of thioether (sulfide) groups is 1. The molecule has 0 unspecified atom stereocenters. The first kappa shape index (κ1) is 12.2. The molecule has 4 heteroatoms. The van der Waals surface area contributed by atoms with E-state index in [9.17, 15) is 4.79 Å². The van der Waals surface area contributed by atoms with Crippen molar-refractivity contribution in [3.63, 3.8) is 0 Å². The molecule has 0 saturated carbocycles. The van der Waals surface area contributed by atoms with Gasteiger partial charge in [-0.25, -0.2) is 0 Å². The summed E-state index contributed by atoms with van der Waals surface area (Å²) in [5.41, 5.74) is 0. The van der Waals surface area contributed by atoms with E-state index in [0.717, 1.165) is 18.2 Å². The normalized spacial score (nSPS) is 26.9. The van der Waals surface area contributed by atoms with Crippen molar-refractivity contribution in [2.45, 2.75) is 32.7 Å². The van der Waals surface area contributed by atoms with Crippen LogP contribution in [0.5, 0.6) is 0 Å². The summed E-state index contributed by atoms with van der Waals surface area (Å²) in [4.78, 5) is 16.6. The molecule has 1 atom stereocenters. The summed E-state index contributed by atoms with van der Waals surface area (Å²) in [6.45, 7) is 7.54. The lowest BCUT2D eigenvalue weighted by atomic mass is 10.1. The van der Waals surface area contributed by atoms with Crippen LogP contribution in [0.3, 0.4) is 0 Å². The van der Waals surface area contributed by atoms with E-state index in [0.29, 0.717) is 11.9 Å². The quantitative estimate of drug-likeness (QED) is 0.752. The van der Waals surface area contributed by atoms with Gasteiger partial charge in [-0.15, -0.1) is 11.8 Å². The first-order valence-corrected chi connectivity index (χ1v) is 7.44. The van der Waals surface area contributed by atoms with Gasteiger partial charge in [-0.1, -0.05) is 13.8 Å². The Morgan fingerprint density at radius 2 is 2.06 bits per heavy atom. The molecule has 92 valence electrons. The van der Waals surface area contributed by atoms with E-state index >= 15 is 0 Å². The van der Waals surface area contributed by atoms with Crippen molar-refractivity contribution in [3.8, 4) is 0 Å². The summed E-state index contributed by atoms with van der Waals surface area (Å²) >= 11 is 1.90. The lowest BCUT2D eigenvalue weighted by molar-refractivity contribution is -0.135. The SMILES string of the molecule is CC(C)C(=O)N1CSC[C@H]1CN1CCCC1. The van der Waals surface area contributed by atoms with E-state index in [1.54, 1.807) is 0 Å². The van der Waals surface area contributed by atoms with Crippen LogP contribution >= 0.6 is 11.8 Å². The molecule has 1 amide bonds. The molecule has 0 radical (unpaired) electrons. The summed E-state index contributed by atoms with van der Waals surface area (Å²) < 4.78 is 0. The number of hydrogen-bond donors (Lipinski definition) is 0. The molecule has 16 heavy (non-hydrogen) atoms. The monoisotopic (exact) mass is 242 g/mol. The molecule has 0 bridgehead atoms. The fraction of sp³-hybridized carbons (Fsp3) is 0.917. The standard InChI is InChI=1S/C12H22N2OS/c1-10(2)12(15)14-9-16-8-11(14)7-13-5-3-4-6-13/h10-11H,3-9H2,1-2H3/t11-/m1/s1. The van der Waals surface area contributed by atoms with Crippen molar-refractivity contribution in [1.29, 1.82) is 0 Å². The largest absolute Gasteiger partial charge is 0.328 e. The molecule has 0 spiro atoms. The number of carbonyl (C=O) groups excluding carboxylic acids is 1. The van der Waals surface area contributed by atoms with Gasteiger partial charge in [0.1, 0.15) is 0 Å². The number of hydrogen-bond acceptors (Lipinski definition) is 3. The van der Waals surface area contributed by atoms with E-state index in [2.05, 4.69) is 9.80 Å². The van der Waals surface area contributed by atoms with E-state index < -0.39 is 0 Å². The van der Waals surface area contributed by atoms with Crippen LogP contribution in [0.15, 0.2) is 0 Å². The first-order chi connectivity index (χ1) is 7.68. The molecule has 2 rings (SSSR count). The minimum atomic E-state index is 0.139. The maximum Gasteiger partial charge on any atom is 0.226 e. The zero-order valence-electron chi connectivity index (χ0n) is 10.3. The zero-order valence-corrected chi connectivity index (χ0v) is 11.1. The Morgan fingerprint density at radius 1 is 1.38 bits per heavy atom. The van der Waals surface area contributed by atoms with Gasteiger partial charge in [0.2, 0.25) is 5.91 Å². The molecule has 0 aromatic carbocycles. The van der Waals surface area contributed by atoms with E-state index in [-0.39, 0.29) is 5.92 Å². The van der Waals surface area contributed by atoms with Crippen molar-refractivity contribution in [2.24, 2.45) is 5.92 Å². The fourth-order valence-corrected chi connectivity index (χ4v) is 3.67. The van der Waals surface area contributed by atoms with E-state index in [4.69, 9.17) is 0 Å². The molecular formula is C12H22N2OS. The smallest absolute Gasteiger partial charge is 0.226 e. The number of carbonyl (C=O) groups is 1. The fourth-order valence-electron chi connectivity index (χ4n) is 2.47. The van der Waals surface area contributed by atoms with Crippen molar-refractivity contribution in [3.05, 3.63) is 0 Å². The van der Waals surface area contributed by atoms with Gasteiger partial charge in [0, 0.05) is 18.2 Å². The van der Waals surface area contributed by atoms with Gasteiger partial charge in [0.05, 0.1) is 11.9 Å². The lowest BCUT2D eigenvalue weighted by Crippen LogP contribution is -2.45. The highest BCUT2D eigenvalue weighted by molar-refractivity contribution is 7.99. The lowest BCUT2D eigenvalue weighted by Gasteiger charge is -2.28. The van der Waals surface area contributed by atoms with Gasteiger partial charge in [-0.05, 0) is 25.9 Å². The van der Waals surface area contributed by atoms with Crippen molar-refractivity contribution in [1.82, 2.24) is 9.80 Å². The third-order valence-corrected chi connectivity index (χ3v) is 4.51. The van der Waals surface area contributed by atoms with Crippen LogP contribution in [-0.2, 0) is 4.79 Å². The summed E-state index contributed by atoms with van der Waals surface area (Å²) in [5, 5.41) is 0. The third kappa shape index (κ3) is 2.72. The highest BCUT2D eigenvalue weighted by Gasteiger charge is 2.32. The number of amides is 1. The van der Waals surface area contributed by atoms with Gasteiger partial charge < -0.3 is 9.80 Å². The first-order valence-electron chi connectivity index (χ1n) is 6.29. The molecule has 0 aliphatic carbocycles. The van der Waals surface area contributed by atoms with Crippen LogP contribution < -0.4 is 0 Å². The van der Waals surface area contributed by atoms with Gasteiger partial charge in [-0.3, -0.25) is 4.79 Å². The maximum atomic E-state index is 12.0. The molecule has 2 aliphatic heterocycles. The van der Waals surface area contributed by atoms with Crippen LogP contribution in [0.25, 0.3) is 0 Å². The molecule has 2 fully saturated rings. The number of nitrogens with zero attached hydrogens (tertiary/aromatic N) is 2. The minimum Gasteiger partial charge on any atom is -0.328 e. The van der Waals surface area contributed by atoms with Crippen LogP contribution in [0.1, 0.15) is 26.7 Å². The molecule has 3 nitrogen and oxygen atoms in total. The Labute approximate surface area is 103 Å². The molecule has 0 aromatic heterocycles. The minimum absolute atomic E-state index is 0.139. The molecular weight excluding hydrogens is 220 g/mol. The second-order valence-corrected chi connectivity index (χ2v) is 6.12. The summed E-state index contributed by atoms with van der Waals surface area (Å²) in [6, 6.07) is 0.456. The molecule has 2 aliphatic rings.